The van der Waals surface area contributed by atoms with Crippen LogP contribution in [0, 0.1) is 23.2 Å². The highest BCUT2D eigenvalue weighted by molar-refractivity contribution is 5.84. The number of fused-ring (bicyclic) bond motifs is 1. The quantitative estimate of drug-likeness (QED) is 0.805. The molecule has 6 heteroatoms. The van der Waals surface area contributed by atoms with Gasteiger partial charge in [0, 0.05) is 5.54 Å². The van der Waals surface area contributed by atoms with Crippen LogP contribution in [-0.2, 0) is 17.9 Å². The number of aryl methyl sites for hydroxylation is 1. The average Bonchev–Trinajstić information content (AvgIpc) is 2.85. The van der Waals surface area contributed by atoms with Crippen molar-refractivity contribution < 1.29 is 4.79 Å². The monoisotopic (exact) mass is 356 g/mol. The fourth-order valence-corrected chi connectivity index (χ4v) is 7.88. The Morgan fingerprint density at radius 2 is 1.73 bits per heavy atom. The van der Waals surface area contributed by atoms with E-state index in [-0.39, 0.29) is 33.3 Å². The maximum Gasteiger partial charge on any atom is 0.256 e. The molecule has 1 aromatic heterocycles. The molecule has 26 heavy (non-hydrogen) atoms. The van der Waals surface area contributed by atoms with Gasteiger partial charge in [0.2, 0.25) is 5.91 Å². The van der Waals surface area contributed by atoms with Gasteiger partial charge in [0.05, 0.1) is 29.8 Å². The number of nitrogens with zero attached hydrogens (tertiary/aromatic N) is 2. The largest absolute Gasteiger partial charge is 0.332 e. The summed E-state index contributed by atoms with van der Waals surface area (Å²) in [6.45, 7) is 7.25. The molecule has 1 aromatic rings. The minimum absolute atomic E-state index is 0.109. The van der Waals surface area contributed by atoms with Crippen molar-refractivity contribution >= 4 is 5.91 Å². The van der Waals surface area contributed by atoms with E-state index in [1.807, 2.05) is 4.90 Å². The third-order valence-corrected chi connectivity index (χ3v) is 7.28. The van der Waals surface area contributed by atoms with Gasteiger partial charge in [-0.1, -0.05) is 13.8 Å². The van der Waals surface area contributed by atoms with Crippen LogP contribution in [0.3, 0.4) is 0 Å². The number of H-pyrrole nitrogens is 1. The summed E-state index contributed by atoms with van der Waals surface area (Å²) >= 11 is 0. The number of nitrogens with one attached hydrogen (secondary N) is 1. The lowest BCUT2D eigenvalue weighted by Gasteiger charge is -2.68. The number of carbonyl (C=O) groups excluding carboxylic acids is 1. The lowest BCUT2D eigenvalue weighted by Crippen LogP contribution is -2.68. The number of hydrogen-bond acceptors (Lipinski definition) is 4. The van der Waals surface area contributed by atoms with Gasteiger partial charge in [-0.3, -0.25) is 9.59 Å². The molecular formula is C20H28N4O2. The third kappa shape index (κ3) is 2.17. The van der Waals surface area contributed by atoms with Gasteiger partial charge < -0.3 is 15.6 Å². The first-order valence-corrected chi connectivity index (χ1v) is 9.70. The Labute approximate surface area is 153 Å². The summed E-state index contributed by atoms with van der Waals surface area (Å²) in [7, 11) is 0. The number of aromatic amines is 1. The predicted octanol–water partition coefficient (Wildman–Crippen LogP) is 2.00. The molecule has 4 fully saturated rings. The van der Waals surface area contributed by atoms with E-state index < -0.39 is 0 Å². The van der Waals surface area contributed by atoms with Crippen LogP contribution in [0.5, 0.6) is 0 Å². The second-order valence-electron chi connectivity index (χ2n) is 10.6. The molecule has 1 aliphatic heterocycles. The Bertz CT molecular complexity index is 835. The first-order chi connectivity index (χ1) is 12.0. The zero-order valence-electron chi connectivity index (χ0n) is 15.9. The van der Waals surface area contributed by atoms with Gasteiger partial charge in [0.1, 0.15) is 5.82 Å². The molecule has 4 bridgehead atoms. The molecule has 2 unspecified atom stereocenters. The number of amides is 1. The SMILES string of the molecule is Cc1nc2c(c(=O)[nH]1)CN(C(=O)C13CC4(C)CC(C)(CC(N)(C4)C1)C3)C2. The van der Waals surface area contributed by atoms with Crippen molar-refractivity contribution in [3.05, 3.63) is 27.4 Å². The summed E-state index contributed by atoms with van der Waals surface area (Å²) in [5, 5.41) is 0. The molecule has 0 spiro atoms. The van der Waals surface area contributed by atoms with Gasteiger partial charge in [0.15, 0.2) is 0 Å². The second-order valence-corrected chi connectivity index (χ2v) is 10.6. The molecule has 1 amide bonds. The van der Waals surface area contributed by atoms with E-state index >= 15 is 0 Å². The van der Waals surface area contributed by atoms with Crippen LogP contribution in [-0.4, -0.2) is 26.3 Å². The second kappa shape index (κ2) is 4.58. The smallest absolute Gasteiger partial charge is 0.256 e. The molecule has 2 heterocycles. The predicted molar refractivity (Wildman–Crippen MR) is 97.1 cm³/mol. The standard InChI is InChI=1S/C20H28N4O2/c1-12-22-14-5-24(4-13(14)15(25)23-12)16(26)19-7-17(2)6-18(3,8-19)10-20(21,9-17)11-19/h4-11,21H2,1-3H3,(H,22,23,25). The van der Waals surface area contributed by atoms with Crippen molar-refractivity contribution in [2.24, 2.45) is 22.0 Å². The lowest BCUT2D eigenvalue weighted by atomic mass is 9.38. The van der Waals surface area contributed by atoms with Crippen molar-refractivity contribution in [2.45, 2.75) is 77.9 Å². The summed E-state index contributed by atoms with van der Waals surface area (Å²) < 4.78 is 0. The maximum absolute atomic E-state index is 13.7. The highest BCUT2D eigenvalue weighted by Crippen LogP contribution is 2.70. The molecule has 4 saturated carbocycles. The van der Waals surface area contributed by atoms with Gasteiger partial charge in [0.25, 0.3) is 5.56 Å². The number of hydrogen-bond donors (Lipinski definition) is 2. The van der Waals surface area contributed by atoms with Crippen LogP contribution in [0.4, 0.5) is 0 Å². The van der Waals surface area contributed by atoms with Crippen molar-refractivity contribution in [2.75, 3.05) is 0 Å². The van der Waals surface area contributed by atoms with Crippen LogP contribution >= 0.6 is 0 Å². The van der Waals surface area contributed by atoms with Crippen LogP contribution in [0.1, 0.15) is 69.5 Å². The van der Waals surface area contributed by atoms with Crippen LogP contribution < -0.4 is 11.3 Å². The molecule has 4 aliphatic carbocycles. The van der Waals surface area contributed by atoms with E-state index in [1.165, 1.54) is 6.42 Å². The van der Waals surface area contributed by atoms with E-state index in [1.54, 1.807) is 6.92 Å². The molecule has 5 aliphatic rings. The Morgan fingerprint density at radius 3 is 2.35 bits per heavy atom. The van der Waals surface area contributed by atoms with Crippen LogP contribution in [0.2, 0.25) is 0 Å². The third-order valence-electron chi connectivity index (χ3n) is 7.28. The average molecular weight is 356 g/mol. The maximum atomic E-state index is 13.7. The molecule has 0 saturated heterocycles. The summed E-state index contributed by atoms with van der Waals surface area (Å²) in [6, 6.07) is 0. The van der Waals surface area contributed by atoms with E-state index in [0.29, 0.717) is 24.5 Å². The number of rotatable bonds is 1. The molecule has 0 radical (unpaired) electrons. The van der Waals surface area contributed by atoms with Crippen molar-refractivity contribution in [1.82, 2.24) is 14.9 Å². The van der Waals surface area contributed by atoms with E-state index in [4.69, 9.17) is 5.73 Å². The highest BCUT2D eigenvalue weighted by Gasteiger charge is 2.67. The van der Waals surface area contributed by atoms with Crippen LogP contribution in [0.15, 0.2) is 4.79 Å². The fourth-order valence-electron chi connectivity index (χ4n) is 7.88. The Kier molecular flexibility index (Phi) is 2.91. The summed E-state index contributed by atoms with van der Waals surface area (Å²) in [4.78, 5) is 35.0. The van der Waals surface area contributed by atoms with Crippen LogP contribution in [0.25, 0.3) is 0 Å². The van der Waals surface area contributed by atoms with E-state index in [9.17, 15) is 9.59 Å². The highest BCUT2D eigenvalue weighted by atomic mass is 16.2. The van der Waals surface area contributed by atoms with Gasteiger partial charge in [-0.05, 0) is 56.3 Å². The Hall–Kier alpha value is -1.69. The topological polar surface area (TPSA) is 92.1 Å². The van der Waals surface area contributed by atoms with Crippen molar-refractivity contribution in [1.29, 1.82) is 0 Å². The molecule has 3 N–H and O–H groups in total. The first-order valence-electron chi connectivity index (χ1n) is 9.70. The molecular weight excluding hydrogens is 328 g/mol. The summed E-state index contributed by atoms with van der Waals surface area (Å²) in [5.74, 6) is 0.803. The molecule has 6 nitrogen and oxygen atoms in total. The zero-order valence-corrected chi connectivity index (χ0v) is 15.9. The molecule has 140 valence electrons. The first kappa shape index (κ1) is 16.5. The van der Waals surface area contributed by atoms with Gasteiger partial charge in [-0.2, -0.15) is 0 Å². The van der Waals surface area contributed by atoms with Gasteiger partial charge in [-0.25, -0.2) is 4.98 Å². The molecule has 0 aromatic carbocycles. The number of nitrogens with two attached hydrogens (primary N) is 1. The van der Waals surface area contributed by atoms with Gasteiger partial charge >= 0.3 is 0 Å². The fraction of sp³-hybridized carbons (Fsp3) is 0.750. The summed E-state index contributed by atoms with van der Waals surface area (Å²) in [6.07, 6.45) is 5.90. The van der Waals surface area contributed by atoms with Crippen molar-refractivity contribution in [3.63, 3.8) is 0 Å². The minimum atomic E-state index is -0.364. The zero-order chi connectivity index (χ0) is 18.5. The molecule has 6 rings (SSSR count). The molecule has 2 atom stereocenters. The minimum Gasteiger partial charge on any atom is -0.332 e. The Morgan fingerprint density at radius 1 is 1.08 bits per heavy atom. The lowest BCUT2D eigenvalue weighted by molar-refractivity contribution is -0.184. The normalized spacial score (nSPS) is 43.0. The number of carbonyl (C=O) groups is 1. The van der Waals surface area contributed by atoms with Crippen molar-refractivity contribution in [3.8, 4) is 0 Å². The van der Waals surface area contributed by atoms with E-state index in [0.717, 1.165) is 37.8 Å². The number of aromatic nitrogens is 2. The van der Waals surface area contributed by atoms with Gasteiger partial charge in [-0.15, -0.1) is 0 Å². The Balaban J connectivity index is 1.50. The van der Waals surface area contributed by atoms with E-state index in [2.05, 4.69) is 23.8 Å². The summed E-state index contributed by atoms with van der Waals surface area (Å²) in [5.41, 5.74) is 7.83.